The monoisotopic (exact) mass is 333 g/mol. The van der Waals surface area contributed by atoms with Gasteiger partial charge in [0.15, 0.2) is 0 Å². The maximum atomic E-state index is 13.5. The number of pyridine rings is 1. The van der Waals surface area contributed by atoms with E-state index in [4.69, 9.17) is 5.11 Å². The first kappa shape index (κ1) is 16.4. The summed E-state index contributed by atoms with van der Waals surface area (Å²) in [6.07, 6.45) is 0.522. The third-order valence-corrected chi connectivity index (χ3v) is 4.51. The van der Waals surface area contributed by atoms with E-state index in [1.165, 1.54) is 18.2 Å². The van der Waals surface area contributed by atoms with Gasteiger partial charge in [0.05, 0.1) is 5.52 Å². The highest BCUT2D eigenvalue weighted by molar-refractivity contribution is 5.78. The van der Waals surface area contributed by atoms with Gasteiger partial charge in [0.25, 0.3) is 5.56 Å². The van der Waals surface area contributed by atoms with Crippen LogP contribution in [0.5, 0.6) is 0 Å². The van der Waals surface area contributed by atoms with E-state index in [-0.39, 0.29) is 17.4 Å². The number of piperidine rings is 1. The fourth-order valence-electron chi connectivity index (χ4n) is 3.21. The molecular formula is C17H20FN3O3. The summed E-state index contributed by atoms with van der Waals surface area (Å²) in [6.45, 7) is 2.71. The topological polar surface area (TPSA) is 74.6 Å². The second-order valence-corrected chi connectivity index (χ2v) is 6.09. The number of carbonyl (C=O) groups is 1. The molecule has 2 heterocycles. The number of likely N-dealkylation sites (tertiary alicyclic amines) is 1. The van der Waals surface area contributed by atoms with Gasteiger partial charge in [-0.15, -0.1) is 0 Å². The molecule has 0 saturated carbocycles. The van der Waals surface area contributed by atoms with Gasteiger partial charge in [-0.1, -0.05) is 0 Å². The van der Waals surface area contributed by atoms with Crippen LogP contribution in [0.15, 0.2) is 35.1 Å². The number of hydrogen-bond acceptors (Lipinski definition) is 3. The molecule has 3 rings (SSSR count). The van der Waals surface area contributed by atoms with Crippen molar-refractivity contribution in [2.75, 3.05) is 19.6 Å². The summed E-state index contributed by atoms with van der Waals surface area (Å²) in [5.41, 5.74) is 0.459. The number of nitrogens with one attached hydrogen (secondary N) is 1. The first-order valence-electron chi connectivity index (χ1n) is 8.04. The minimum atomic E-state index is -0.988. The average molecular weight is 333 g/mol. The summed E-state index contributed by atoms with van der Waals surface area (Å²) < 4.78 is 15.1. The highest BCUT2D eigenvalue weighted by Gasteiger charge is 2.20. The lowest BCUT2D eigenvalue weighted by molar-refractivity contribution is 0.166. The molecule has 1 amide bonds. The van der Waals surface area contributed by atoms with E-state index < -0.39 is 6.09 Å². The number of hydrogen-bond donors (Lipinski definition) is 2. The first-order valence-corrected chi connectivity index (χ1v) is 8.04. The third kappa shape index (κ3) is 3.73. The predicted octanol–water partition coefficient (Wildman–Crippen LogP) is 1.87. The number of nitrogens with zero attached hydrogens (tertiary/aromatic N) is 2. The van der Waals surface area contributed by atoms with Crippen molar-refractivity contribution in [3.8, 4) is 0 Å². The second kappa shape index (κ2) is 7.00. The normalized spacial score (nSPS) is 16.4. The molecule has 7 heteroatoms. The second-order valence-electron chi connectivity index (χ2n) is 6.09. The van der Waals surface area contributed by atoms with E-state index >= 15 is 0 Å². The Morgan fingerprint density at radius 2 is 1.92 bits per heavy atom. The molecule has 128 valence electrons. The molecule has 1 saturated heterocycles. The lowest BCUT2D eigenvalue weighted by atomic mass is 10.1. The van der Waals surface area contributed by atoms with E-state index in [2.05, 4.69) is 10.2 Å². The Bertz CT molecular complexity index is 797. The Morgan fingerprint density at radius 3 is 2.62 bits per heavy atom. The number of amides is 1. The predicted molar refractivity (Wildman–Crippen MR) is 88.8 cm³/mol. The highest BCUT2D eigenvalue weighted by Crippen LogP contribution is 2.15. The average Bonchev–Trinajstić information content (AvgIpc) is 2.55. The minimum absolute atomic E-state index is 0.00637. The third-order valence-electron chi connectivity index (χ3n) is 4.51. The first-order chi connectivity index (χ1) is 11.5. The van der Waals surface area contributed by atoms with Crippen molar-refractivity contribution < 1.29 is 14.3 Å². The zero-order valence-electron chi connectivity index (χ0n) is 13.2. The van der Waals surface area contributed by atoms with Crippen molar-refractivity contribution in [2.24, 2.45) is 0 Å². The van der Waals surface area contributed by atoms with Gasteiger partial charge in [0.1, 0.15) is 5.82 Å². The summed E-state index contributed by atoms with van der Waals surface area (Å²) in [6, 6.07) is 7.65. The highest BCUT2D eigenvalue weighted by atomic mass is 19.1. The van der Waals surface area contributed by atoms with E-state index in [0.717, 1.165) is 31.3 Å². The van der Waals surface area contributed by atoms with Crippen LogP contribution in [0.3, 0.4) is 0 Å². The van der Waals surface area contributed by atoms with Gasteiger partial charge < -0.3 is 19.9 Å². The van der Waals surface area contributed by atoms with E-state index in [1.807, 2.05) is 0 Å². The van der Waals surface area contributed by atoms with Crippen LogP contribution < -0.4 is 10.9 Å². The maximum Gasteiger partial charge on any atom is 0.404 e. The zero-order valence-corrected chi connectivity index (χ0v) is 13.2. The summed E-state index contributed by atoms with van der Waals surface area (Å²) >= 11 is 0. The van der Waals surface area contributed by atoms with Crippen molar-refractivity contribution >= 4 is 17.0 Å². The van der Waals surface area contributed by atoms with Crippen molar-refractivity contribution in [2.45, 2.75) is 25.4 Å². The summed E-state index contributed by atoms with van der Waals surface area (Å²) in [4.78, 5) is 25.0. The van der Waals surface area contributed by atoms with E-state index in [1.54, 1.807) is 16.7 Å². The molecule has 0 aliphatic carbocycles. The Hall–Kier alpha value is -2.41. The van der Waals surface area contributed by atoms with Crippen LogP contribution in [0.4, 0.5) is 9.18 Å². The lowest BCUT2D eigenvalue weighted by Crippen LogP contribution is -2.45. The molecule has 0 spiro atoms. The maximum absolute atomic E-state index is 13.5. The molecule has 0 bridgehead atoms. The van der Waals surface area contributed by atoms with Gasteiger partial charge in [0, 0.05) is 38.3 Å². The number of fused-ring (bicyclic) bond motifs is 1. The molecule has 1 aliphatic rings. The SMILES string of the molecule is O=C(O)NC1CCN(CCn2c(=O)ccc3ccc(F)cc32)CC1. The molecule has 0 atom stereocenters. The Balaban J connectivity index is 1.66. The molecule has 1 aromatic carbocycles. The molecule has 0 unspecified atom stereocenters. The summed E-state index contributed by atoms with van der Waals surface area (Å²) in [5, 5.41) is 12.1. The zero-order chi connectivity index (χ0) is 17.1. The molecule has 2 N–H and O–H groups in total. The quantitative estimate of drug-likeness (QED) is 0.896. The van der Waals surface area contributed by atoms with Crippen LogP contribution in [0, 0.1) is 5.82 Å². The number of aromatic nitrogens is 1. The Labute approximate surface area is 138 Å². The van der Waals surface area contributed by atoms with Crippen molar-refractivity contribution in [1.82, 2.24) is 14.8 Å². The van der Waals surface area contributed by atoms with Crippen LogP contribution in [0.1, 0.15) is 12.8 Å². The molecule has 1 aromatic heterocycles. The smallest absolute Gasteiger partial charge is 0.404 e. The molecule has 2 aromatic rings. The largest absolute Gasteiger partial charge is 0.465 e. The van der Waals surface area contributed by atoms with Crippen LogP contribution in [0.25, 0.3) is 10.9 Å². The van der Waals surface area contributed by atoms with Crippen LogP contribution >= 0.6 is 0 Å². The van der Waals surface area contributed by atoms with Crippen molar-refractivity contribution in [1.29, 1.82) is 0 Å². The molecule has 6 nitrogen and oxygen atoms in total. The van der Waals surface area contributed by atoms with Gasteiger partial charge in [0.2, 0.25) is 0 Å². The number of rotatable bonds is 4. The van der Waals surface area contributed by atoms with Gasteiger partial charge in [-0.2, -0.15) is 0 Å². The molecule has 1 aliphatic heterocycles. The summed E-state index contributed by atoms with van der Waals surface area (Å²) in [7, 11) is 0. The Morgan fingerprint density at radius 1 is 1.21 bits per heavy atom. The fourth-order valence-corrected chi connectivity index (χ4v) is 3.21. The molecule has 24 heavy (non-hydrogen) atoms. The van der Waals surface area contributed by atoms with Gasteiger partial charge >= 0.3 is 6.09 Å². The van der Waals surface area contributed by atoms with Gasteiger partial charge in [-0.25, -0.2) is 9.18 Å². The van der Waals surface area contributed by atoms with E-state index in [0.29, 0.717) is 18.6 Å². The van der Waals surface area contributed by atoms with Crippen LogP contribution in [0.2, 0.25) is 0 Å². The Kier molecular flexibility index (Phi) is 4.80. The van der Waals surface area contributed by atoms with E-state index in [9.17, 15) is 14.0 Å². The van der Waals surface area contributed by atoms with Crippen molar-refractivity contribution in [3.05, 3.63) is 46.5 Å². The van der Waals surface area contributed by atoms with Gasteiger partial charge in [-0.05, 0) is 42.5 Å². The lowest BCUT2D eigenvalue weighted by Gasteiger charge is -2.31. The summed E-state index contributed by atoms with van der Waals surface area (Å²) in [5.74, 6) is -0.359. The molecule has 0 radical (unpaired) electrons. The fraction of sp³-hybridized carbons (Fsp3) is 0.412. The van der Waals surface area contributed by atoms with Crippen LogP contribution in [-0.2, 0) is 6.54 Å². The molecular weight excluding hydrogens is 313 g/mol. The number of halogens is 1. The standard InChI is InChI=1S/C17H20FN3O3/c18-13-3-1-12-2-4-16(22)21(15(12)11-13)10-9-20-7-5-14(6-8-20)19-17(23)24/h1-4,11,14,19H,5-10H2,(H,23,24). The van der Waals surface area contributed by atoms with Gasteiger partial charge in [-0.3, -0.25) is 4.79 Å². The molecule has 1 fully saturated rings. The van der Waals surface area contributed by atoms with Crippen LogP contribution in [-0.4, -0.2) is 46.3 Å². The minimum Gasteiger partial charge on any atom is -0.465 e. The number of benzene rings is 1. The number of carboxylic acid groups (broad SMARTS) is 1. The van der Waals surface area contributed by atoms with Crippen molar-refractivity contribution in [3.63, 3.8) is 0 Å².